The molecular weight excluding hydrogens is 315 g/mol. The molecule has 0 saturated heterocycles. The monoisotopic (exact) mass is 322 g/mol. The molecule has 0 spiro atoms. The molecule has 0 amide bonds. The number of nitrogen functional groups attached to an aromatic ring is 1. The first-order valence-electron chi connectivity index (χ1n) is 5.78. The fourth-order valence-electron chi connectivity index (χ4n) is 1.69. The first-order valence-corrected chi connectivity index (χ1v) is 6.54. The molecule has 0 saturated carbocycles. The number of phenols is 1. The zero-order chi connectivity index (χ0) is 15.0. The number of anilines is 1. The Kier molecular flexibility index (Phi) is 3.40. The molecule has 3 rings (SSSR count). The zero-order valence-electron chi connectivity index (χ0n) is 10.4. The minimum Gasteiger partial charge on any atom is -0.506 e. The molecule has 2 aromatic heterocycles. The third-order valence-corrected chi connectivity index (χ3v) is 3.22. The smallest absolute Gasteiger partial charge is 0.258 e. The van der Waals surface area contributed by atoms with E-state index in [4.69, 9.17) is 33.5 Å². The van der Waals surface area contributed by atoms with Gasteiger partial charge in [0.2, 0.25) is 5.82 Å². The third kappa shape index (κ3) is 2.63. The van der Waals surface area contributed by atoms with E-state index < -0.39 is 0 Å². The molecule has 0 fully saturated rings. The molecule has 2 heterocycles. The van der Waals surface area contributed by atoms with Crippen LogP contribution >= 0.6 is 23.2 Å². The van der Waals surface area contributed by atoms with Gasteiger partial charge in [0, 0.05) is 11.8 Å². The summed E-state index contributed by atoms with van der Waals surface area (Å²) in [5.41, 5.74) is 6.70. The number of phenolic OH excluding ortho intramolecular Hbond substituents is 1. The van der Waals surface area contributed by atoms with E-state index in [1.54, 1.807) is 12.1 Å². The van der Waals surface area contributed by atoms with Gasteiger partial charge in [-0.1, -0.05) is 28.4 Å². The normalized spacial score (nSPS) is 10.8. The van der Waals surface area contributed by atoms with E-state index in [0.717, 1.165) is 0 Å². The molecule has 0 aliphatic carbocycles. The molecular formula is C13H8Cl2N4O2. The minimum absolute atomic E-state index is 0.0603. The summed E-state index contributed by atoms with van der Waals surface area (Å²) in [6, 6.07) is 6.17. The molecule has 8 heteroatoms. The van der Waals surface area contributed by atoms with Gasteiger partial charge in [-0.05, 0) is 24.3 Å². The largest absolute Gasteiger partial charge is 0.506 e. The Hall–Kier alpha value is -2.31. The summed E-state index contributed by atoms with van der Waals surface area (Å²) < 4.78 is 5.14. The number of nitrogens with two attached hydrogens (primary N) is 1. The number of hydrogen-bond donors (Lipinski definition) is 2. The maximum atomic E-state index is 9.60. The molecule has 0 atom stereocenters. The van der Waals surface area contributed by atoms with Gasteiger partial charge in [0.25, 0.3) is 5.89 Å². The van der Waals surface area contributed by atoms with Crippen molar-refractivity contribution in [2.24, 2.45) is 0 Å². The van der Waals surface area contributed by atoms with Crippen LogP contribution in [0.1, 0.15) is 0 Å². The van der Waals surface area contributed by atoms with Crippen molar-refractivity contribution in [1.29, 1.82) is 0 Å². The molecule has 1 aromatic carbocycles. The van der Waals surface area contributed by atoms with Crippen molar-refractivity contribution in [2.75, 3.05) is 5.73 Å². The zero-order valence-corrected chi connectivity index (χ0v) is 11.9. The molecule has 106 valence electrons. The van der Waals surface area contributed by atoms with Gasteiger partial charge < -0.3 is 15.4 Å². The predicted octanol–water partition coefficient (Wildman–Crippen LogP) is 3.39. The second kappa shape index (κ2) is 5.23. The second-order valence-corrected chi connectivity index (χ2v) is 5.02. The summed E-state index contributed by atoms with van der Waals surface area (Å²) >= 11 is 11.8. The quantitative estimate of drug-likeness (QED) is 0.554. The summed E-state index contributed by atoms with van der Waals surface area (Å²) in [7, 11) is 0. The maximum absolute atomic E-state index is 9.60. The minimum atomic E-state index is -0.0603. The highest BCUT2D eigenvalue weighted by molar-refractivity contribution is 6.35. The molecule has 0 bridgehead atoms. The van der Waals surface area contributed by atoms with Crippen LogP contribution in [0.2, 0.25) is 10.0 Å². The van der Waals surface area contributed by atoms with Crippen molar-refractivity contribution >= 4 is 28.9 Å². The first kappa shape index (κ1) is 13.7. The Morgan fingerprint density at radius 1 is 1.19 bits per heavy atom. The summed E-state index contributed by atoms with van der Waals surface area (Å²) in [5, 5.41) is 14.1. The molecule has 6 nitrogen and oxygen atoms in total. The maximum Gasteiger partial charge on any atom is 0.258 e. The van der Waals surface area contributed by atoms with Gasteiger partial charge in [0.15, 0.2) is 0 Å². The van der Waals surface area contributed by atoms with Crippen molar-refractivity contribution in [3.63, 3.8) is 0 Å². The molecule has 0 aliphatic rings. The van der Waals surface area contributed by atoms with Crippen LogP contribution in [-0.2, 0) is 0 Å². The lowest BCUT2D eigenvalue weighted by molar-refractivity contribution is 0.431. The van der Waals surface area contributed by atoms with Crippen LogP contribution in [0.4, 0.5) is 5.69 Å². The predicted molar refractivity (Wildman–Crippen MR) is 79.1 cm³/mol. The highest BCUT2D eigenvalue weighted by Crippen LogP contribution is 2.30. The van der Waals surface area contributed by atoms with E-state index in [1.165, 1.54) is 18.3 Å². The summed E-state index contributed by atoms with van der Waals surface area (Å²) in [6.45, 7) is 0. The Morgan fingerprint density at radius 3 is 2.71 bits per heavy atom. The Balaban J connectivity index is 2.01. The molecule has 0 unspecified atom stereocenters. The van der Waals surface area contributed by atoms with Crippen molar-refractivity contribution in [1.82, 2.24) is 15.1 Å². The highest BCUT2D eigenvalue weighted by Gasteiger charge is 2.15. The molecule has 21 heavy (non-hydrogen) atoms. The van der Waals surface area contributed by atoms with Crippen LogP contribution in [0.25, 0.3) is 23.0 Å². The van der Waals surface area contributed by atoms with E-state index >= 15 is 0 Å². The Labute approximate surface area is 129 Å². The standard InChI is InChI=1S/C13H8Cl2N4O2/c14-7-4-8(15)11(17-5-7)12-18-13(21-19-12)6-1-2-9(16)10(20)3-6/h1-5,20H,16H2. The number of halogens is 2. The lowest BCUT2D eigenvalue weighted by Crippen LogP contribution is -1.88. The fourth-order valence-corrected chi connectivity index (χ4v) is 2.16. The molecule has 0 aliphatic heterocycles. The van der Waals surface area contributed by atoms with Crippen LogP contribution < -0.4 is 5.73 Å². The second-order valence-electron chi connectivity index (χ2n) is 4.18. The van der Waals surface area contributed by atoms with Crippen LogP contribution in [0.3, 0.4) is 0 Å². The number of hydrogen-bond acceptors (Lipinski definition) is 6. The summed E-state index contributed by atoms with van der Waals surface area (Å²) in [5.74, 6) is 0.381. The first-order chi connectivity index (χ1) is 10.0. The van der Waals surface area contributed by atoms with E-state index in [2.05, 4.69) is 15.1 Å². The molecule has 3 N–H and O–H groups in total. The van der Waals surface area contributed by atoms with Crippen molar-refractivity contribution in [3.8, 4) is 28.7 Å². The van der Waals surface area contributed by atoms with Crippen LogP contribution in [0, 0.1) is 0 Å². The van der Waals surface area contributed by atoms with Crippen molar-refractivity contribution in [3.05, 3.63) is 40.5 Å². The summed E-state index contributed by atoms with van der Waals surface area (Å²) in [6.07, 6.45) is 1.44. The van der Waals surface area contributed by atoms with Crippen LogP contribution in [-0.4, -0.2) is 20.2 Å². The van der Waals surface area contributed by atoms with Gasteiger partial charge in [-0.2, -0.15) is 4.98 Å². The Bertz CT molecular complexity index is 820. The van der Waals surface area contributed by atoms with Gasteiger partial charge in [-0.15, -0.1) is 0 Å². The number of aromatic nitrogens is 3. The average Bonchev–Trinajstić information content (AvgIpc) is 2.91. The van der Waals surface area contributed by atoms with Crippen molar-refractivity contribution < 1.29 is 9.63 Å². The van der Waals surface area contributed by atoms with Crippen molar-refractivity contribution in [2.45, 2.75) is 0 Å². The van der Waals surface area contributed by atoms with E-state index in [9.17, 15) is 5.11 Å². The van der Waals surface area contributed by atoms with Gasteiger partial charge in [-0.3, -0.25) is 0 Å². The molecule has 3 aromatic rings. The SMILES string of the molecule is Nc1ccc(-c2nc(-c3ncc(Cl)cc3Cl)no2)cc1O. The lowest BCUT2D eigenvalue weighted by atomic mass is 10.2. The number of aromatic hydroxyl groups is 1. The van der Waals surface area contributed by atoms with Gasteiger partial charge in [0.1, 0.15) is 11.4 Å². The average molecular weight is 323 g/mol. The number of benzene rings is 1. The Morgan fingerprint density at radius 2 is 2.00 bits per heavy atom. The molecule has 0 radical (unpaired) electrons. The fraction of sp³-hybridized carbons (Fsp3) is 0. The number of rotatable bonds is 2. The van der Waals surface area contributed by atoms with Crippen LogP contribution in [0.15, 0.2) is 35.0 Å². The number of nitrogens with zero attached hydrogens (tertiary/aromatic N) is 3. The van der Waals surface area contributed by atoms with E-state index in [0.29, 0.717) is 21.3 Å². The van der Waals surface area contributed by atoms with E-state index in [-0.39, 0.29) is 23.2 Å². The van der Waals surface area contributed by atoms with Gasteiger partial charge in [-0.25, -0.2) is 4.98 Å². The topological polar surface area (TPSA) is 98.1 Å². The van der Waals surface area contributed by atoms with E-state index in [1.807, 2.05) is 0 Å². The van der Waals surface area contributed by atoms with Crippen LogP contribution in [0.5, 0.6) is 5.75 Å². The van der Waals surface area contributed by atoms with Gasteiger partial charge in [0.05, 0.1) is 15.7 Å². The summed E-state index contributed by atoms with van der Waals surface area (Å²) in [4.78, 5) is 8.26. The van der Waals surface area contributed by atoms with Gasteiger partial charge >= 0.3 is 0 Å². The highest BCUT2D eigenvalue weighted by atomic mass is 35.5. The lowest BCUT2D eigenvalue weighted by Gasteiger charge is -1.99. The number of pyridine rings is 1. The third-order valence-electron chi connectivity index (χ3n) is 2.72.